The summed E-state index contributed by atoms with van der Waals surface area (Å²) in [7, 11) is 4.95. The molecule has 39 heavy (non-hydrogen) atoms. The molecule has 0 amide bonds. The van der Waals surface area contributed by atoms with Crippen LogP contribution in [0.4, 0.5) is 0 Å². The second-order valence-corrected chi connectivity index (χ2v) is 14.8. The molecule has 0 N–H and O–H groups in total. The highest BCUT2D eigenvalue weighted by Gasteiger charge is 2.54. The van der Waals surface area contributed by atoms with Crippen LogP contribution in [0.1, 0.15) is 92.9 Å². The molecule has 0 heterocycles. The number of carbonyl (C=O) groups excluding carboxylic acids is 3. The van der Waals surface area contributed by atoms with E-state index in [9.17, 15) is 14.4 Å². The van der Waals surface area contributed by atoms with Gasteiger partial charge in [0.05, 0.1) is 0 Å². The van der Waals surface area contributed by atoms with Crippen molar-refractivity contribution in [1.82, 2.24) is 4.90 Å². The normalized spacial score (nSPS) is 28.8. The quantitative estimate of drug-likeness (QED) is 0.176. The first-order valence-corrected chi connectivity index (χ1v) is 15.3. The topological polar surface area (TPSA) is 82.1 Å². The minimum Gasteiger partial charge on any atom is -0.464 e. The van der Waals surface area contributed by atoms with Gasteiger partial charge >= 0.3 is 17.9 Å². The molecule has 0 spiro atoms. The minimum absolute atomic E-state index is 0.159. The zero-order valence-electron chi connectivity index (χ0n) is 26.0. The number of likely N-dealkylation sites (N-methyl/N-ethyl adjacent to an activating group) is 1. The Morgan fingerprint density at radius 1 is 0.872 bits per heavy atom. The number of nitrogens with zero attached hydrogens (tertiary/aromatic N) is 1. The predicted octanol–water partition coefficient (Wildman–Crippen LogP) is 4.81. The van der Waals surface area contributed by atoms with Crippen LogP contribution in [-0.2, 0) is 28.6 Å². The van der Waals surface area contributed by atoms with Crippen molar-refractivity contribution in [3.8, 4) is 0 Å². The number of ether oxygens (including phenoxy) is 3. The fourth-order valence-electron chi connectivity index (χ4n) is 7.29. The summed E-state index contributed by atoms with van der Waals surface area (Å²) >= 11 is 0. The van der Waals surface area contributed by atoms with Gasteiger partial charge in [0.1, 0.15) is 32.4 Å². The van der Waals surface area contributed by atoms with Crippen LogP contribution < -0.4 is 0 Å². The Hall–Kier alpha value is -1.50. The van der Waals surface area contributed by atoms with Gasteiger partial charge in [0.15, 0.2) is 0 Å². The Labute approximate surface area is 238 Å². The molecule has 4 aliphatic rings. The van der Waals surface area contributed by atoms with Gasteiger partial charge in [0.2, 0.25) is 0 Å². The van der Waals surface area contributed by atoms with Gasteiger partial charge in [-0.05, 0) is 97.6 Å². The summed E-state index contributed by atoms with van der Waals surface area (Å²) < 4.78 is 17.7. The first kappa shape index (κ1) is 32.0. The van der Waals surface area contributed by atoms with E-state index in [1.54, 1.807) is 0 Å². The summed E-state index contributed by atoms with van der Waals surface area (Å²) in [6.07, 6.45) is 8.77. The Bertz CT molecular complexity index is 852. The van der Waals surface area contributed by atoms with Crippen LogP contribution >= 0.6 is 0 Å². The molecule has 0 aromatic carbocycles. The van der Waals surface area contributed by atoms with E-state index < -0.39 is 16.2 Å². The van der Waals surface area contributed by atoms with Crippen molar-refractivity contribution in [2.24, 2.45) is 17.8 Å². The lowest BCUT2D eigenvalue weighted by atomic mass is 9.38. The second kappa shape index (κ2) is 12.6. The molecule has 2 atom stereocenters. The van der Waals surface area contributed by atoms with Crippen LogP contribution in [0, 0.1) is 17.8 Å². The molecule has 0 aromatic rings. The van der Waals surface area contributed by atoms with Crippen LogP contribution in [0.15, 0.2) is 0 Å². The highest BCUT2D eigenvalue weighted by atomic mass is 16.6. The molecular weight excluding hydrogens is 492 g/mol. The first-order chi connectivity index (χ1) is 18.1. The van der Waals surface area contributed by atoms with Crippen LogP contribution in [0.2, 0.25) is 23.3 Å². The molecular formula is C30H53B2NO6. The van der Waals surface area contributed by atoms with Crippen LogP contribution in [0.3, 0.4) is 0 Å². The fraction of sp³-hybridized carbons (Fsp3) is 0.900. The molecule has 7 nitrogen and oxygen atoms in total. The lowest BCUT2D eigenvalue weighted by Crippen LogP contribution is -2.54. The highest BCUT2D eigenvalue weighted by molar-refractivity contribution is 6.54. The van der Waals surface area contributed by atoms with Gasteiger partial charge in [-0.1, -0.05) is 33.4 Å². The molecule has 0 saturated heterocycles. The number of rotatable bonds is 14. The first-order valence-electron chi connectivity index (χ1n) is 15.3. The molecule has 4 saturated carbocycles. The SMILES string of the molecule is CCC(C)(BCC(C)(BCCC(=O)OC(C)(C)C)C(=O)OC12CC3CC(CC(C3)C1)C2)C(=O)OCCN(C)C. The Kier molecular flexibility index (Phi) is 10.3. The van der Waals surface area contributed by atoms with Crippen molar-refractivity contribution in [3.63, 3.8) is 0 Å². The molecule has 0 radical (unpaired) electrons. The van der Waals surface area contributed by atoms with Gasteiger partial charge in [0.25, 0.3) is 0 Å². The van der Waals surface area contributed by atoms with E-state index in [-0.39, 0.29) is 29.9 Å². The third kappa shape index (κ3) is 8.74. The van der Waals surface area contributed by atoms with Gasteiger partial charge in [-0.15, -0.1) is 0 Å². The molecule has 9 heteroatoms. The van der Waals surface area contributed by atoms with Crippen molar-refractivity contribution in [3.05, 3.63) is 0 Å². The Morgan fingerprint density at radius 3 is 1.92 bits per heavy atom. The molecule has 4 fully saturated rings. The summed E-state index contributed by atoms with van der Waals surface area (Å²) in [4.78, 5) is 41.5. The van der Waals surface area contributed by atoms with Crippen LogP contribution in [0.25, 0.3) is 0 Å². The molecule has 0 aromatic heterocycles. The Balaban J connectivity index is 1.70. The number of hydrogen-bond donors (Lipinski definition) is 0. The van der Waals surface area contributed by atoms with Crippen molar-refractivity contribution < 1.29 is 28.6 Å². The zero-order chi connectivity index (χ0) is 29.1. The van der Waals surface area contributed by atoms with E-state index in [1.165, 1.54) is 19.3 Å². The number of esters is 3. The van der Waals surface area contributed by atoms with Gasteiger partial charge < -0.3 is 19.1 Å². The average Bonchev–Trinajstić information content (AvgIpc) is 2.79. The van der Waals surface area contributed by atoms with Crippen molar-refractivity contribution in [2.75, 3.05) is 27.2 Å². The molecule has 4 bridgehead atoms. The summed E-state index contributed by atoms with van der Waals surface area (Å²) in [5.41, 5.74) is -0.856. The standard InChI is InChI=1S/C30H53B2NO6/c1-9-28(5,25(35)37-13-12-33(7)8)32-20-29(6,31-11-10-24(34)38-27(2,3)4)26(36)39-30-17-21-14-22(18-30)16-23(15-21)19-30/h21-23,31-32H,9-20H2,1-8H3. The highest BCUT2D eigenvalue weighted by Crippen LogP contribution is 2.58. The molecule has 2 unspecified atom stereocenters. The van der Waals surface area contributed by atoms with E-state index in [2.05, 4.69) is 0 Å². The molecule has 4 rings (SSSR count). The maximum absolute atomic E-state index is 14.0. The van der Waals surface area contributed by atoms with Gasteiger partial charge in [-0.2, -0.15) is 0 Å². The lowest BCUT2D eigenvalue weighted by molar-refractivity contribution is -0.189. The smallest absolute Gasteiger partial charge is 0.305 e. The van der Waals surface area contributed by atoms with Gasteiger partial charge in [-0.25, -0.2) is 0 Å². The maximum Gasteiger partial charge on any atom is 0.305 e. The monoisotopic (exact) mass is 545 g/mol. The van der Waals surface area contributed by atoms with Crippen molar-refractivity contribution >= 4 is 32.5 Å². The van der Waals surface area contributed by atoms with E-state index in [1.807, 2.05) is 60.5 Å². The molecule has 0 aliphatic heterocycles. The zero-order valence-corrected chi connectivity index (χ0v) is 26.0. The van der Waals surface area contributed by atoms with E-state index >= 15 is 0 Å². The molecule has 220 valence electrons. The van der Waals surface area contributed by atoms with Crippen LogP contribution in [-0.4, -0.2) is 75.8 Å². The molecule has 4 aliphatic carbocycles. The lowest BCUT2D eigenvalue weighted by Gasteiger charge is -2.56. The largest absolute Gasteiger partial charge is 0.464 e. The predicted molar refractivity (Wildman–Crippen MR) is 158 cm³/mol. The van der Waals surface area contributed by atoms with Gasteiger partial charge in [-0.3, -0.25) is 14.4 Å². The third-order valence-corrected chi connectivity index (χ3v) is 9.59. The van der Waals surface area contributed by atoms with Crippen molar-refractivity contribution in [2.45, 2.75) is 127 Å². The van der Waals surface area contributed by atoms with Crippen LogP contribution in [0.5, 0.6) is 0 Å². The summed E-state index contributed by atoms with van der Waals surface area (Å²) in [6, 6.07) is 0. The minimum atomic E-state index is -0.786. The summed E-state index contributed by atoms with van der Waals surface area (Å²) in [6.45, 7) is 12.5. The summed E-state index contributed by atoms with van der Waals surface area (Å²) in [5, 5.41) is -1.47. The van der Waals surface area contributed by atoms with E-state index in [0.29, 0.717) is 64.5 Å². The maximum atomic E-state index is 14.0. The summed E-state index contributed by atoms with van der Waals surface area (Å²) in [5.74, 6) is 1.43. The van der Waals surface area contributed by atoms with E-state index in [0.717, 1.165) is 19.3 Å². The number of carbonyl (C=O) groups is 3. The number of hydrogen-bond acceptors (Lipinski definition) is 7. The fourth-order valence-corrected chi connectivity index (χ4v) is 7.29. The third-order valence-electron chi connectivity index (χ3n) is 9.59. The van der Waals surface area contributed by atoms with Crippen molar-refractivity contribution in [1.29, 1.82) is 0 Å². The average molecular weight is 545 g/mol. The van der Waals surface area contributed by atoms with E-state index in [4.69, 9.17) is 14.2 Å². The van der Waals surface area contributed by atoms with Gasteiger partial charge in [0, 0.05) is 23.6 Å². The Morgan fingerprint density at radius 2 is 1.44 bits per heavy atom. The second-order valence-electron chi connectivity index (χ2n) is 14.8.